The van der Waals surface area contributed by atoms with Crippen molar-refractivity contribution in [2.24, 2.45) is 0 Å². The second kappa shape index (κ2) is 2.49. The first kappa shape index (κ1) is 7.20. The molecule has 4 nitrogen and oxygen atoms in total. The van der Waals surface area contributed by atoms with Crippen molar-refractivity contribution in [2.75, 3.05) is 28.2 Å². The Kier molecular flexibility index (Phi) is 2.24. The molecule has 0 aliphatic heterocycles. The largest absolute Gasteiger partial charge is 0.249 e. The summed E-state index contributed by atoms with van der Waals surface area (Å²) in [5.74, 6) is 0. The number of nitroso groups, excluding NO2 is 1. The van der Waals surface area contributed by atoms with E-state index in [1.54, 1.807) is 28.2 Å². The van der Waals surface area contributed by atoms with Crippen LogP contribution in [0.1, 0.15) is 0 Å². The predicted molar refractivity (Wildman–Crippen MR) is 31.0 cm³/mol. The van der Waals surface area contributed by atoms with Gasteiger partial charge in [-0.05, 0) is 0 Å². The number of hydrogen-bond donors (Lipinski definition) is 0. The van der Waals surface area contributed by atoms with Crippen molar-refractivity contribution in [2.45, 2.75) is 0 Å². The molecule has 4 heteroatoms. The molecule has 0 aromatic carbocycles. The van der Waals surface area contributed by atoms with Crippen molar-refractivity contribution < 1.29 is 4.98 Å². The third-order valence-corrected chi connectivity index (χ3v) is 0.684. The molecule has 0 amide bonds. The Bertz CT molecular complexity index is 79.3. The molecule has 0 aliphatic carbocycles. The van der Waals surface area contributed by atoms with Gasteiger partial charge in [-0.15, -0.1) is 10.0 Å². The molecule has 0 heterocycles. The topological polar surface area (TPSA) is 26.6 Å². The molecule has 0 saturated heterocycles. The Morgan fingerprint density at radius 2 is 1.25 bits per heavy atom. The lowest BCUT2D eigenvalue weighted by molar-refractivity contribution is -0.814. The average Bonchev–Trinajstić information content (AvgIpc) is 1.64. The summed E-state index contributed by atoms with van der Waals surface area (Å²) in [6.45, 7) is 0. The Labute approximate surface area is 49.2 Å². The molecule has 8 heavy (non-hydrogen) atoms. The van der Waals surface area contributed by atoms with Crippen molar-refractivity contribution >= 4 is 0 Å². The van der Waals surface area contributed by atoms with Crippen molar-refractivity contribution in [3.05, 3.63) is 4.91 Å². The van der Waals surface area contributed by atoms with Crippen LogP contribution in [0, 0.1) is 4.91 Å². The fourth-order valence-corrected chi connectivity index (χ4v) is 0.358. The van der Waals surface area contributed by atoms with Gasteiger partial charge in [0.2, 0.25) is 4.98 Å². The van der Waals surface area contributed by atoms with Gasteiger partial charge in [-0.3, -0.25) is 0 Å². The molecule has 0 aromatic heterocycles. The van der Waals surface area contributed by atoms with Crippen molar-refractivity contribution in [1.82, 2.24) is 10.0 Å². The van der Waals surface area contributed by atoms with Gasteiger partial charge in [-0.1, -0.05) is 0 Å². The number of rotatable bonds is 2. The molecule has 0 saturated carbocycles. The highest BCUT2D eigenvalue weighted by molar-refractivity contribution is 4.05. The van der Waals surface area contributed by atoms with Gasteiger partial charge in [-0.25, -0.2) is 0 Å². The number of nitrogens with zero attached hydrogens (tertiary/aromatic N) is 3. The van der Waals surface area contributed by atoms with Gasteiger partial charge in [-0.2, -0.15) is 0 Å². The van der Waals surface area contributed by atoms with E-state index in [0.29, 0.717) is 0 Å². The third-order valence-electron chi connectivity index (χ3n) is 0.684. The normalized spacial score (nSPS) is 8.50. The highest BCUT2D eigenvalue weighted by Crippen LogP contribution is 1.78. The van der Waals surface area contributed by atoms with Crippen LogP contribution in [-0.2, 0) is 0 Å². The fraction of sp³-hybridized carbons (Fsp3) is 1.00. The van der Waals surface area contributed by atoms with Gasteiger partial charge in [0, 0.05) is 0 Å². The Balaban J connectivity index is 3.65. The SMILES string of the molecule is CN(C)[N+](=O)N(C)C. The van der Waals surface area contributed by atoms with Crippen molar-refractivity contribution in [1.29, 1.82) is 0 Å². The van der Waals surface area contributed by atoms with Crippen LogP contribution in [0.3, 0.4) is 0 Å². The third kappa shape index (κ3) is 1.77. The lowest BCUT2D eigenvalue weighted by Gasteiger charge is -2.04. The summed E-state index contributed by atoms with van der Waals surface area (Å²) >= 11 is 0. The zero-order valence-corrected chi connectivity index (χ0v) is 5.75. The van der Waals surface area contributed by atoms with E-state index in [9.17, 15) is 4.91 Å². The first-order chi connectivity index (χ1) is 3.55. The van der Waals surface area contributed by atoms with Crippen LogP contribution in [0.25, 0.3) is 0 Å². The van der Waals surface area contributed by atoms with E-state index in [-0.39, 0.29) is 0 Å². The van der Waals surface area contributed by atoms with Gasteiger partial charge in [0.25, 0.3) is 0 Å². The van der Waals surface area contributed by atoms with Crippen LogP contribution in [-0.4, -0.2) is 43.2 Å². The van der Waals surface area contributed by atoms with Gasteiger partial charge < -0.3 is 0 Å². The van der Waals surface area contributed by atoms with Crippen LogP contribution in [0.15, 0.2) is 0 Å². The van der Waals surface area contributed by atoms with E-state index >= 15 is 0 Å². The first-order valence-corrected chi connectivity index (χ1v) is 2.37. The fourth-order valence-electron chi connectivity index (χ4n) is 0.358. The molecule has 0 bridgehead atoms. The standard InChI is InChI=1S/C4H12N3O/c1-5(2)7(8)6(3)4/h1-4H3/q+1. The Hall–Kier alpha value is -0.800. The second-order valence-electron chi connectivity index (χ2n) is 1.95. The van der Waals surface area contributed by atoms with E-state index in [1.807, 2.05) is 0 Å². The Morgan fingerprint density at radius 1 is 1.00 bits per heavy atom. The highest BCUT2D eigenvalue weighted by Gasteiger charge is 2.11. The summed E-state index contributed by atoms with van der Waals surface area (Å²) in [5.41, 5.74) is 0. The van der Waals surface area contributed by atoms with Crippen LogP contribution < -0.4 is 0 Å². The molecular formula is C4H12N3O+. The maximum atomic E-state index is 10.6. The van der Waals surface area contributed by atoms with E-state index in [4.69, 9.17) is 0 Å². The van der Waals surface area contributed by atoms with Crippen LogP contribution >= 0.6 is 0 Å². The summed E-state index contributed by atoms with van der Waals surface area (Å²) in [6.07, 6.45) is 0. The van der Waals surface area contributed by atoms with E-state index in [2.05, 4.69) is 0 Å². The zero-order chi connectivity index (χ0) is 6.73. The molecular weight excluding hydrogens is 106 g/mol. The summed E-state index contributed by atoms with van der Waals surface area (Å²) in [6, 6.07) is 0. The summed E-state index contributed by atoms with van der Waals surface area (Å²) < 4.78 is 0. The van der Waals surface area contributed by atoms with E-state index in [0.717, 1.165) is 4.98 Å². The lowest BCUT2D eigenvalue weighted by Crippen LogP contribution is -2.35. The second-order valence-corrected chi connectivity index (χ2v) is 1.95. The predicted octanol–water partition coefficient (Wildman–Crippen LogP) is -0.282. The molecule has 0 N–H and O–H groups in total. The zero-order valence-electron chi connectivity index (χ0n) is 5.75. The van der Waals surface area contributed by atoms with Crippen molar-refractivity contribution in [3.8, 4) is 0 Å². The smallest absolute Gasteiger partial charge is 0.117 e. The maximum absolute atomic E-state index is 10.6. The molecule has 0 radical (unpaired) electrons. The van der Waals surface area contributed by atoms with Gasteiger partial charge in [0.15, 0.2) is 0 Å². The van der Waals surface area contributed by atoms with Crippen molar-refractivity contribution in [3.63, 3.8) is 0 Å². The highest BCUT2D eigenvalue weighted by atomic mass is 16.4. The van der Waals surface area contributed by atoms with E-state index in [1.165, 1.54) is 10.0 Å². The molecule has 0 unspecified atom stereocenters. The maximum Gasteiger partial charge on any atom is 0.249 e. The van der Waals surface area contributed by atoms with Crippen LogP contribution in [0.5, 0.6) is 0 Å². The van der Waals surface area contributed by atoms with Gasteiger partial charge >= 0.3 is 0 Å². The van der Waals surface area contributed by atoms with E-state index < -0.39 is 0 Å². The molecule has 0 spiro atoms. The minimum atomic E-state index is 0.750. The van der Waals surface area contributed by atoms with Gasteiger partial charge in [0.05, 0.1) is 33.1 Å². The quantitative estimate of drug-likeness (QED) is 0.368. The summed E-state index contributed by atoms with van der Waals surface area (Å²) in [5, 5.41) is 2.89. The van der Waals surface area contributed by atoms with Crippen LogP contribution in [0.2, 0.25) is 0 Å². The number of hydrazine groups is 2. The lowest BCUT2D eigenvalue weighted by atomic mass is 11.1. The summed E-state index contributed by atoms with van der Waals surface area (Å²) in [7, 11) is 6.75. The number of hydrogen-bond acceptors (Lipinski definition) is 1. The molecule has 48 valence electrons. The molecule has 0 aromatic rings. The molecule has 0 fully saturated rings. The van der Waals surface area contributed by atoms with Gasteiger partial charge in [0.1, 0.15) is 0 Å². The summed E-state index contributed by atoms with van der Waals surface area (Å²) in [4.78, 5) is 11.4. The minimum Gasteiger partial charge on any atom is -0.117 e. The van der Waals surface area contributed by atoms with Crippen LogP contribution in [0.4, 0.5) is 0 Å². The molecule has 0 rings (SSSR count). The first-order valence-electron chi connectivity index (χ1n) is 2.37. The molecule has 0 atom stereocenters. The monoisotopic (exact) mass is 118 g/mol. The minimum absolute atomic E-state index is 0.750. The average molecular weight is 118 g/mol. The Morgan fingerprint density at radius 3 is 1.25 bits per heavy atom. The molecule has 0 aliphatic rings.